The minimum atomic E-state index is -1.34. The zero-order valence-corrected chi connectivity index (χ0v) is 31.8. The van der Waals surface area contributed by atoms with E-state index in [0.29, 0.717) is 6.42 Å². The number of fused-ring (bicyclic) bond motifs is 1. The van der Waals surface area contributed by atoms with Crippen molar-refractivity contribution in [2.75, 3.05) is 6.54 Å². The molecule has 0 aliphatic rings. The van der Waals surface area contributed by atoms with Crippen LogP contribution in [-0.2, 0) is 41.7 Å². The number of benzene rings is 3. The maximum atomic E-state index is 13.7. The summed E-state index contributed by atoms with van der Waals surface area (Å²) in [6.07, 6.45) is -0.0650. The molecule has 15 heteroatoms. The first-order chi connectivity index (χ1) is 26.2. The van der Waals surface area contributed by atoms with Crippen molar-refractivity contribution >= 4 is 52.3 Å². The summed E-state index contributed by atoms with van der Waals surface area (Å²) in [5, 5.41) is 14.6. The van der Waals surface area contributed by atoms with Crippen molar-refractivity contribution in [2.45, 2.75) is 90.6 Å². The highest BCUT2D eigenvalue weighted by Crippen LogP contribution is 2.17. The summed E-state index contributed by atoms with van der Waals surface area (Å²) in [4.78, 5) is 91.0. The second kappa shape index (κ2) is 21.6. The Balaban J connectivity index is 1.75. The van der Waals surface area contributed by atoms with E-state index in [1.807, 2.05) is 62.4 Å². The quantitative estimate of drug-likeness (QED) is 0.0628. The highest BCUT2D eigenvalue weighted by Gasteiger charge is 2.36. The number of rotatable bonds is 21. The molecule has 0 aliphatic carbocycles. The minimum absolute atomic E-state index is 0.0200. The van der Waals surface area contributed by atoms with Crippen LogP contribution in [0.1, 0.15) is 64.5 Å². The number of nitrogens with two attached hydrogens (primary N) is 2. The standard InChI is InChI=1S/C40H53N7O8/c1-5-25(4)33(47-37(51)32(20-24(2)3)46-40(54)55-23-26-12-7-6-8-13-26)34(48)38(52)44-30(16-11-19-43-39(42)53)36(50)45-31(35(41)49)22-27-17-18-28-14-9-10-15-29(28)21-27/h6-10,12-15,17-18,21,24-25,30-33H,5,11,16,19-20,22-23H2,1-4H3,(H2,41,49)(H,44,52)(H,45,50)(H,46,54)(H,47,51)(H3,42,43,53)/t25-,30-,31-,32-,33?/m0/s1. The van der Waals surface area contributed by atoms with Crippen LogP contribution in [0.4, 0.5) is 9.59 Å². The summed E-state index contributed by atoms with van der Waals surface area (Å²) >= 11 is 0. The fourth-order valence-electron chi connectivity index (χ4n) is 5.82. The SMILES string of the molecule is CC[C@H](C)C(NC(=O)[C@H](CC(C)C)NC(=O)OCc1ccccc1)C(=O)C(=O)N[C@@H](CCCNC(N)=O)C(=O)N[C@@H](Cc1ccc2ccccc2c1)C(N)=O. The molecule has 0 aliphatic heterocycles. The number of carbonyl (C=O) groups is 7. The molecule has 1 unspecified atom stereocenters. The number of alkyl carbamates (subject to hydrolysis) is 1. The lowest BCUT2D eigenvalue weighted by Crippen LogP contribution is -2.58. The third-order valence-electron chi connectivity index (χ3n) is 9.05. The van der Waals surface area contributed by atoms with Gasteiger partial charge in [0, 0.05) is 13.0 Å². The maximum absolute atomic E-state index is 13.7. The zero-order chi connectivity index (χ0) is 40.5. The topological polar surface area (TPSA) is 241 Å². The van der Waals surface area contributed by atoms with E-state index in [4.69, 9.17) is 16.2 Å². The third kappa shape index (κ3) is 14.4. The number of carbonyl (C=O) groups excluding carboxylic acids is 7. The second-order valence-corrected chi connectivity index (χ2v) is 13.9. The van der Waals surface area contributed by atoms with E-state index < -0.39 is 71.6 Å². The van der Waals surface area contributed by atoms with Gasteiger partial charge < -0.3 is 42.8 Å². The number of hydrogen-bond donors (Lipinski definition) is 7. The van der Waals surface area contributed by atoms with Gasteiger partial charge in [-0.2, -0.15) is 0 Å². The number of primary amides is 2. The van der Waals surface area contributed by atoms with Crippen LogP contribution in [0.3, 0.4) is 0 Å². The largest absolute Gasteiger partial charge is 0.445 e. The molecule has 296 valence electrons. The number of ether oxygens (including phenoxy) is 1. The third-order valence-corrected chi connectivity index (χ3v) is 9.05. The molecule has 0 fully saturated rings. The van der Waals surface area contributed by atoms with Crippen molar-refractivity contribution in [2.24, 2.45) is 23.3 Å². The molecule has 55 heavy (non-hydrogen) atoms. The summed E-state index contributed by atoms with van der Waals surface area (Å²) in [5.41, 5.74) is 12.3. The summed E-state index contributed by atoms with van der Waals surface area (Å²) in [7, 11) is 0. The molecule has 5 atom stereocenters. The van der Waals surface area contributed by atoms with Crippen molar-refractivity contribution < 1.29 is 38.3 Å². The number of Topliss-reactive ketones (excluding diaryl/α,β-unsaturated/α-hetero) is 1. The Bertz CT molecular complexity index is 1800. The molecular weight excluding hydrogens is 706 g/mol. The van der Waals surface area contributed by atoms with E-state index in [9.17, 15) is 33.6 Å². The van der Waals surface area contributed by atoms with E-state index in [1.54, 1.807) is 38.1 Å². The van der Waals surface area contributed by atoms with Gasteiger partial charge in [0.25, 0.3) is 5.91 Å². The van der Waals surface area contributed by atoms with Gasteiger partial charge in [-0.1, -0.05) is 107 Å². The maximum Gasteiger partial charge on any atom is 0.408 e. The number of urea groups is 1. The van der Waals surface area contributed by atoms with E-state index >= 15 is 0 Å². The van der Waals surface area contributed by atoms with Crippen molar-refractivity contribution in [3.05, 3.63) is 83.9 Å². The number of ketones is 1. The monoisotopic (exact) mass is 759 g/mol. The van der Waals surface area contributed by atoms with Gasteiger partial charge in [0.2, 0.25) is 23.5 Å². The van der Waals surface area contributed by atoms with Gasteiger partial charge in [-0.15, -0.1) is 0 Å². The predicted molar refractivity (Wildman–Crippen MR) is 207 cm³/mol. The number of amides is 7. The minimum Gasteiger partial charge on any atom is -0.445 e. The molecule has 0 spiro atoms. The lowest BCUT2D eigenvalue weighted by molar-refractivity contribution is -0.142. The van der Waals surface area contributed by atoms with Gasteiger partial charge in [-0.3, -0.25) is 24.0 Å². The summed E-state index contributed by atoms with van der Waals surface area (Å²) in [6.45, 7) is 7.21. The molecule has 15 nitrogen and oxygen atoms in total. The first-order valence-corrected chi connectivity index (χ1v) is 18.4. The van der Waals surface area contributed by atoms with E-state index in [0.717, 1.165) is 21.9 Å². The Morgan fingerprint density at radius 1 is 0.709 bits per heavy atom. The van der Waals surface area contributed by atoms with Gasteiger partial charge in [0.15, 0.2) is 0 Å². The van der Waals surface area contributed by atoms with Crippen LogP contribution in [0, 0.1) is 11.8 Å². The molecule has 7 amide bonds. The normalized spacial score (nSPS) is 13.7. The summed E-state index contributed by atoms with van der Waals surface area (Å²) < 4.78 is 5.30. The number of nitrogens with one attached hydrogen (secondary N) is 5. The first-order valence-electron chi connectivity index (χ1n) is 18.4. The molecule has 3 aromatic rings. The van der Waals surface area contributed by atoms with E-state index in [1.165, 1.54) is 0 Å². The van der Waals surface area contributed by atoms with Crippen LogP contribution in [0.25, 0.3) is 10.8 Å². The molecule has 3 aromatic carbocycles. The van der Waals surface area contributed by atoms with Crippen molar-refractivity contribution in [3.63, 3.8) is 0 Å². The average molecular weight is 760 g/mol. The zero-order valence-electron chi connectivity index (χ0n) is 31.8. The number of hydrogen-bond acceptors (Lipinski definition) is 8. The molecule has 0 bridgehead atoms. The lowest BCUT2D eigenvalue weighted by atomic mass is 9.93. The summed E-state index contributed by atoms with van der Waals surface area (Å²) in [6, 6.07) is 16.5. The van der Waals surface area contributed by atoms with Crippen molar-refractivity contribution in [3.8, 4) is 0 Å². The smallest absolute Gasteiger partial charge is 0.408 e. The molecule has 3 rings (SSSR count). The highest BCUT2D eigenvalue weighted by atomic mass is 16.5. The van der Waals surface area contributed by atoms with Crippen LogP contribution in [0.15, 0.2) is 72.8 Å². The van der Waals surface area contributed by atoms with Crippen LogP contribution < -0.4 is 38.1 Å². The first kappa shape index (κ1) is 43.4. The molecule has 0 aromatic heterocycles. The Kier molecular flexibility index (Phi) is 17.1. The van der Waals surface area contributed by atoms with Crippen molar-refractivity contribution in [1.29, 1.82) is 0 Å². The van der Waals surface area contributed by atoms with Crippen LogP contribution in [-0.4, -0.2) is 72.2 Å². The predicted octanol–water partition coefficient (Wildman–Crippen LogP) is 2.73. The van der Waals surface area contributed by atoms with Gasteiger partial charge in [0.1, 0.15) is 24.7 Å². The molecule has 9 N–H and O–H groups in total. The Hall–Kier alpha value is -5.99. The molecule has 0 radical (unpaired) electrons. The Morgan fingerprint density at radius 3 is 2.00 bits per heavy atom. The molecular formula is C40H53N7O8. The van der Waals surface area contributed by atoms with Gasteiger partial charge in [-0.25, -0.2) is 9.59 Å². The molecule has 0 saturated heterocycles. The van der Waals surface area contributed by atoms with Gasteiger partial charge in [0.05, 0.1) is 6.04 Å². The van der Waals surface area contributed by atoms with Crippen LogP contribution >= 0.6 is 0 Å². The molecule has 0 saturated carbocycles. The Morgan fingerprint density at radius 2 is 1.36 bits per heavy atom. The van der Waals surface area contributed by atoms with Crippen LogP contribution in [0.2, 0.25) is 0 Å². The van der Waals surface area contributed by atoms with E-state index in [2.05, 4.69) is 26.6 Å². The van der Waals surface area contributed by atoms with E-state index in [-0.39, 0.29) is 44.8 Å². The second-order valence-electron chi connectivity index (χ2n) is 13.9. The fourth-order valence-corrected chi connectivity index (χ4v) is 5.82. The fraction of sp³-hybridized carbons (Fsp3) is 0.425. The summed E-state index contributed by atoms with van der Waals surface area (Å²) in [5.74, 6) is -5.04. The van der Waals surface area contributed by atoms with Crippen molar-refractivity contribution in [1.82, 2.24) is 26.6 Å². The Labute approximate surface area is 321 Å². The lowest BCUT2D eigenvalue weighted by Gasteiger charge is -2.27. The van der Waals surface area contributed by atoms with Gasteiger partial charge >= 0.3 is 12.1 Å². The van der Waals surface area contributed by atoms with Crippen LogP contribution in [0.5, 0.6) is 0 Å². The average Bonchev–Trinajstić information content (AvgIpc) is 3.15. The van der Waals surface area contributed by atoms with Gasteiger partial charge in [-0.05, 0) is 53.0 Å². The molecule has 0 heterocycles. The highest BCUT2D eigenvalue weighted by molar-refractivity contribution is 6.39.